The molecule has 0 saturated carbocycles. The van der Waals surface area contributed by atoms with Crippen molar-refractivity contribution in [3.05, 3.63) is 85.2 Å². The number of aromatic nitrogens is 4. The third-order valence-electron chi connectivity index (χ3n) is 5.48. The van der Waals surface area contributed by atoms with Crippen LogP contribution in [0, 0.1) is 0 Å². The summed E-state index contributed by atoms with van der Waals surface area (Å²) < 4.78 is 0. The SMILES string of the molecule is C=CC(=O)Nc1cccc(Nc2nc(Nc3ccc4nc(CN(C)C)ccc4c3)nc3[nH]ccc23)c1. The van der Waals surface area contributed by atoms with E-state index < -0.39 is 0 Å². The fourth-order valence-electron chi connectivity index (χ4n) is 3.88. The van der Waals surface area contributed by atoms with Crippen molar-refractivity contribution in [1.29, 1.82) is 0 Å². The number of nitrogens with one attached hydrogen (secondary N) is 4. The Morgan fingerprint density at radius 3 is 2.64 bits per heavy atom. The van der Waals surface area contributed by atoms with E-state index in [9.17, 15) is 4.79 Å². The fourth-order valence-corrected chi connectivity index (χ4v) is 3.88. The highest BCUT2D eigenvalue weighted by Crippen LogP contribution is 2.28. The molecule has 0 saturated heterocycles. The molecule has 2 aromatic carbocycles. The number of amides is 1. The number of hydrogen-bond acceptors (Lipinski definition) is 7. The summed E-state index contributed by atoms with van der Waals surface area (Å²) in [5.41, 5.74) is 4.94. The zero-order valence-electron chi connectivity index (χ0n) is 20.0. The minimum absolute atomic E-state index is 0.270. The number of nitrogens with zero attached hydrogens (tertiary/aromatic N) is 4. The van der Waals surface area contributed by atoms with Gasteiger partial charge in [0.05, 0.1) is 16.6 Å². The molecule has 0 bridgehead atoms. The second kappa shape index (κ2) is 9.85. The Hall–Kier alpha value is -4.76. The molecule has 0 radical (unpaired) electrons. The van der Waals surface area contributed by atoms with Crippen molar-refractivity contribution in [1.82, 2.24) is 24.8 Å². The second-order valence-corrected chi connectivity index (χ2v) is 8.61. The molecule has 0 aliphatic heterocycles. The number of benzene rings is 2. The minimum atomic E-state index is -0.270. The van der Waals surface area contributed by atoms with Crippen LogP contribution in [-0.4, -0.2) is 44.8 Å². The van der Waals surface area contributed by atoms with Crippen LogP contribution in [-0.2, 0) is 11.3 Å². The molecular weight excluding hydrogens is 452 g/mol. The van der Waals surface area contributed by atoms with Crippen LogP contribution < -0.4 is 16.0 Å². The van der Waals surface area contributed by atoms with Gasteiger partial charge in [-0.25, -0.2) is 0 Å². The number of hydrogen-bond donors (Lipinski definition) is 4. The molecule has 4 N–H and O–H groups in total. The molecule has 0 fully saturated rings. The maximum absolute atomic E-state index is 11.7. The van der Waals surface area contributed by atoms with Crippen molar-refractivity contribution in [2.24, 2.45) is 0 Å². The van der Waals surface area contributed by atoms with Gasteiger partial charge in [-0.2, -0.15) is 9.97 Å². The van der Waals surface area contributed by atoms with E-state index >= 15 is 0 Å². The van der Waals surface area contributed by atoms with E-state index in [0.29, 0.717) is 23.1 Å². The molecule has 3 heterocycles. The van der Waals surface area contributed by atoms with Crippen LogP contribution in [0.2, 0.25) is 0 Å². The minimum Gasteiger partial charge on any atom is -0.346 e. The van der Waals surface area contributed by atoms with Gasteiger partial charge in [-0.15, -0.1) is 0 Å². The van der Waals surface area contributed by atoms with E-state index in [4.69, 9.17) is 9.97 Å². The van der Waals surface area contributed by atoms with Crippen molar-refractivity contribution < 1.29 is 4.79 Å². The van der Waals surface area contributed by atoms with Gasteiger partial charge in [0.1, 0.15) is 11.5 Å². The monoisotopic (exact) mass is 478 g/mol. The highest BCUT2D eigenvalue weighted by atomic mass is 16.1. The first-order valence-electron chi connectivity index (χ1n) is 11.4. The molecule has 5 rings (SSSR count). The van der Waals surface area contributed by atoms with Gasteiger partial charge >= 0.3 is 0 Å². The van der Waals surface area contributed by atoms with Gasteiger partial charge in [-0.1, -0.05) is 18.7 Å². The van der Waals surface area contributed by atoms with Crippen LogP contribution in [0.3, 0.4) is 0 Å². The quantitative estimate of drug-likeness (QED) is 0.227. The molecule has 5 aromatic rings. The van der Waals surface area contributed by atoms with E-state index in [0.717, 1.165) is 39.9 Å². The summed E-state index contributed by atoms with van der Waals surface area (Å²) >= 11 is 0. The van der Waals surface area contributed by atoms with Crippen LogP contribution in [0.15, 0.2) is 79.5 Å². The molecule has 36 heavy (non-hydrogen) atoms. The number of H-pyrrole nitrogens is 1. The van der Waals surface area contributed by atoms with Gasteiger partial charge in [0.2, 0.25) is 11.9 Å². The summed E-state index contributed by atoms with van der Waals surface area (Å²) in [6.07, 6.45) is 3.05. The van der Waals surface area contributed by atoms with Crippen LogP contribution in [0.5, 0.6) is 0 Å². The van der Waals surface area contributed by atoms with E-state index in [2.05, 4.69) is 43.5 Å². The van der Waals surface area contributed by atoms with Crippen LogP contribution in [0.1, 0.15) is 5.69 Å². The Morgan fingerprint density at radius 1 is 0.972 bits per heavy atom. The standard InChI is InChI=1S/C27H26N8O/c1-4-24(36)30-18-6-5-7-19(15-18)31-26-22-12-13-28-25(22)33-27(34-26)32-20-10-11-23-17(14-20)8-9-21(29-23)16-35(2)3/h4-15H,1,16H2,2-3H3,(H,30,36)(H3,28,31,32,33,34). The van der Waals surface area contributed by atoms with Gasteiger partial charge in [0.25, 0.3) is 0 Å². The first-order valence-corrected chi connectivity index (χ1v) is 11.4. The molecule has 0 atom stereocenters. The number of rotatable bonds is 8. The molecular formula is C27H26N8O. The normalized spacial score (nSPS) is 11.1. The lowest BCUT2D eigenvalue weighted by molar-refractivity contribution is -0.111. The molecule has 0 aliphatic carbocycles. The Morgan fingerprint density at radius 2 is 1.81 bits per heavy atom. The Balaban J connectivity index is 1.41. The maximum Gasteiger partial charge on any atom is 0.247 e. The molecule has 9 nitrogen and oxygen atoms in total. The van der Waals surface area contributed by atoms with E-state index in [1.165, 1.54) is 6.08 Å². The molecule has 9 heteroatoms. The van der Waals surface area contributed by atoms with Gasteiger partial charge in [-0.3, -0.25) is 9.78 Å². The number of pyridine rings is 1. The molecule has 0 unspecified atom stereocenters. The summed E-state index contributed by atoms with van der Waals surface area (Å²) in [6, 6.07) is 19.4. The fraction of sp³-hybridized carbons (Fsp3) is 0.111. The number of aromatic amines is 1. The lowest BCUT2D eigenvalue weighted by Crippen LogP contribution is -2.11. The highest BCUT2D eigenvalue weighted by Gasteiger charge is 2.11. The summed E-state index contributed by atoms with van der Waals surface area (Å²) in [6.45, 7) is 4.28. The van der Waals surface area contributed by atoms with E-state index in [1.807, 2.05) is 74.9 Å². The molecule has 0 spiro atoms. The lowest BCUT2D eigenvalue weighted by atomic mass is 10.2. The molecule has 0 aliphatic rings. The number of fused-ring (bicyclic) bond motifs is 2. The van der Waals surface area contributed by atoms with Gasteiger partial charge in [-0.05, 0) is 68.7 Å². The number of carbonyl (C=O) groups is 1. The lowest BCUT2D eigenvalue weighted by Gasteiger charge is -2.12. The topological polar surface area (TPSA) is 111 Å². The summed E-state index contributed by atoms with van der Waals surface area (Å²) in [5.74, 6) is 0.806. The zero-order valence-corrected chi connectivity index (χ0v) is 20.0. The van der Waals surface area contributed by atoms with E-state index in [1.54, 1.807) is 0 Å². The third-order valence-corrected chi connectivity index (χ3v) is 5.48. The average molecular weight is 479 g/mol. The van der Waals surface area contributed by atoms with Crippen molar-refractivity contribution in [2.45, 2.75) is 6.54 Å². The second-order valence-electron chi connectivity index (χ2n) is 8.61. The van der Waals surface area contributed by atoms with Crippen LogP contribution in [0.4, 0.5) is 28.8 Å². The van der Waals surface area contributed by atoms with Crippen molar-refractivity contribution in [3.8, 4) is 0 Å². The maximum atomic E-state index is 11.7. The van der Waals surface area contributed by atoms with Crippen LogP contribution >= 0.6 is 0 Å². The van der Waals surface area contributed by atoms with Gasteiger partial charge < -0.3 is 25.8 Å². The molecule has 1 amide bonds. The molecule has 180 valence electrons. The number of anilines is 5. The predicted molar refractivity (Wildman–Crippen MR) is 145 cm³/mol. The average Bonchev–Trinajstić information content (AvgIpc) is 3.33. The Kier molecular flexibility index (Phi) is 6.29. The van der Waals surface area contributed by atoms with E-state index in [-0.39, 0.29) is 5.91 Å². The molecule has 3 aromatic heterocycles. The summed E-state index contributed by atoms with van der Waals surface area (Å²) in [4.78, 5) is 31.0. The van der Waals surface area contributed by atoms with Crippen molar-refractivity contribution in [3.63, 3.8) is 0 Å². The van der Waals surface area contributed by atoms with Gasteiger partial charge in [0.15, 0.2) is 0 Å². The summed E-state index contributed by atoms with van der Waals surface area (Å²) in [5, 5.41) is 11.3. The third kappa shape index (κ3) is 5.16. The predicted octanol–water partition coefficient (Wildman–Crippen LogP) is 5.18. The zero-order chi connectivity index (χ0) is 25.1. The Labute approximate surface area is 208 Å². The largest absolute Gasteiger partial charge is 0.346 e. The Bertz CT molecular complexity index is 1570. The van der Waals surface area contributed by atoms with Crippen molar-refractivity contribution >= 4 is 56.7 Å². The summed E-state index contributed by atoms with van der Waals surface area (Å²) in [7, 11) is 4.06. The highest BCUT2D eigenvalue weighted by molar-refractivity contribution is 5.99. The smallest absolute Gasteiger partial charge is 0.247 e. The van der Waals surface area contributed by atoms with Crippen LogP contribution in [0.25, 0.3) is 21.9 Å². The first kappa shape index (κ1) is 23.0. The number of carbonyl (C=O) groups excluding carboxylic acids is 1. The van der Waals surface area contributed by atoms with Gasteiger partial charge in [0, 0.05) is 35.2 Å². The van der Waals surface area contributed by atoms with Crippen molar-refractivity contribution in [2.75, 3.05) is 30.0 Å². The first-order chi connectivity index (χ1) is 17.5.